The van der Waals surface area contributed by atoms with E-state index in [1.807, 2.05) is 13.0 Å². The fourth-order valence-corrected chi connectivity index (χ4v) is 3.58. The number of benzene rings is 2. The normalized spacial score (nSPS) is 10.8. The van der Waals surface area contributed by atoms with Crippen LogP contribution in [0, 0.1) is 19.7 Å². The van der Waals surface area contributed by atoms with Crippen molar-refractivity contribution in [3.8, 4) is 0 Å². The minimum absolute atomic E-state index is 0.189. The quantitative estimate of drug-likeness (QED) is 0.363. The zero-order valence-corrected chi connectivity index (χ0v) is 18.8. The van der Waals surface area contributed by atoms with Crippen molar-refractivity contribution in [2.45, 2.75) is 20.4 Å². The molecule has 0 saturated carbocycles. The molecule has 0 fully saturated rings. The average Bonchev–Trinajstić information content (AvgIpc) is 3.16. The van der Waals surface area contributed by atoms with Crippen LogP contribution in [0.25, 0.3) is 5.52 Å². The zero-order chi connectivity index (χ0) is 24.2. The Morgan fingerprint density at radius 1 is 1.12 bits per heavy atom. The standard InChI is InChI=1S/C24H23FN6O3/c1-14-7-8-17(23(32)30-34-3)10-20(14)29-22-21-15(2)19(12-31(21)28-13-27-22)24(33)26-11-16-5-4-6-18(25)9-16/h4-10,12-13H,11H2,1-3H3,(H,26,33)(H,30,32)(H,27,28,29). The van der Waals surface area contributed by atoms with Gasteiger partial charge in [-0.25, -0.2) is 19.4 Å². The van der Waals surface area contributed by atoms with E-state index >= 15 is 0 Å². The molecule has 2 aromatic heterocycles. The van der Waals surface area contributed by atoms with Crippen LogP contribution in [-0.2, 0) is 11.4 Å². The van der Waals surface area contributed by atoms with Gasteiger partial charge in [0.25, 0.3) is 11.8 Å². The molecule has 0 aliphatic heterocycles. The number of amides is 2. The predicted octanol–water partition coefficient (Wildman–Crippen LogP) is 3.45. The summed E-state index contributed by atoms with van der Waals surface area (Å²) < 4.78 is 15.0. The highest BCUT2D eigenvalue weighted by atomic mass is 19.1. The van der Waals surface area contributed by atoms with E-state index in [0.29, 0.717) is 39.3 Å². The summed E-state index contributed by atoms with van der Waals surface area (Å²) in [6.07, 6.45) is 2.99. The van der Waals surface area contributed by atoms with E-state index in [9.17, 15) is 14.0 Å². The summed E-state index contributed by atoms with van der Waals surface area (Å²) in [6.45, 7) is 3.89. The number of carbonyl (C=O) groups excluding carboxylic acids is 2. The molecule has 2 heterocycles. The van der Waals surface area contributed by atoms with Crippen LogP contribution in [0.5, 0.6) is 0 Å². The number of aryl methyl sites for hydroxylation is 2. The smallest absolute Gasteiger partial charge is 0.274 e. The molecule has 0 unspecified atom stereocenters. The lowest BCUT2D eigenvalue weighted by molar-refractivity contribution is 0.0537. The van der Waals surface area contributed by atoms with Crippen molar-refractivity contribution in [3.63, 3.8) is 0 Å². The molecule has 0 saturated heterocycles. The number of aromatic nitrogens is 3. The van der Waals surface area contributed by atoms with E-state index in [1.165, 1.54) is 25.6 Å². The Labute approximate surface area is 194 Å². The fraction of sp³-hybridized carbons (Fsp3) is 0.167. The molecule has 4 rings (SSSR count). The van der Waals surface area contributed by atoms with Crippen molar-refractivity contribution in [1.82, 2.24) is 25.4 Å². The second-order valence-corrected chi connectivity index (χ2v) is 7.67. The van der Waals surface area contributed by atoms with Crippen molar-refractivity contribution >= 4 is 28.8 Å². The Balaban J connectivity index is 1.61. The summed E-state index contributed by atoms with van der Waals surface area (Å²) in [5.74, 6) is -0.575. The van der Waals surface area contributed by atoms with Crippen LogP contribution in [0.1, 0.15) is 37.4 Å². The van der Waals surface area contributed by atoms with Crippen LogP contribution in [0.3, 0.4) is 0 Å². The summed E-state index contributed by atoms with van der Waals surface area (Å²) in [4.78, 5) is 34.0. The third-order valence-electron chi connectivity index (χ3n) is 5.36. The largest absolute Gasteiger partial charge is 0.348 e. The van der Waals surface area contributed by atoms with Gasteiger partial charge in [0.2, 0.25) is 0 Å². The van der Waals surface area contributed by atoms with Gasteiger partial charge in [0.05, 0.1) is 12.7 Å². The Morgan fingerprint density at radius 3 is 2.71 bits per heavy atom. The number of nitrogens with one attached hydrogen (secondary N) is 3. The van der Waals surface area contributed by atoms with Gasteiger partial charge in [-0.2, -0.15) is 5.10 Å². The van der Waals surface area contributed by atoms with Crippen molar-refractivity contribution in [2.75, 3.05) is 12.4 Å². The minimum atomic E-state index is -0.380. The molecule has 0 atom stereocenters. The average molecular weight is 462 g/mol. The SMILES string of the molecule is CONC(=O)c1ccc(C)c(Nc2ncnn3cc(C(=O)NCc4cccc(F)c4)c(C)c23)c1. The van der Waals surface area contributed by atoms with E-state index in [4.69, 9.17) is 4.84 Å². The molecule has 3 N–H and O–H groups in total. The van der Waals surface area contributed by atoms with Crippen LogP contribution in [0.4, 0.5) is 15.9 Å². The Morgan fingerprint density at radius 2 is 1.94 bits per heavy atom. The van der Waals surface area contributed by atoms with Crippen molar-refractivity contribution < 1.29 is 18.8 Å². The topological polar surface area (TPSA) is 110 Å². The number of rotatable bonds is 7. The second-order valence-electron chi connectivity index (χ2n) is 7.67. The maximum Gasteiger partial charge on any atom is 0.274 e. The number of fused-ring (bicyclic) bond motifs is 1. The van der Waals surface area contributed by atoms with Crippen LogP contribution in [0.15, 0.2) is 55.0 Å². The molecule has 4 aromatic rings. The highest BCUT2D eigenvalue weighted by Crippen LogP contribution is 2.27. The number of nitrogens with zero attached hydrogens (tertiary/aromatic N) is 3. The zero-order valence-electron chi connectivity index (χ0n) is 18.8. The summed E-state index contributed by atoms with van der Waals surface area (Å²) in [5.41, 5.74) is 6.62. The van der Waals surface area contributed by atoms with Crippen LogP contribution < -0.4 is 16.1 Å². The fourth-order valence-electron chi connectivity index (χ4n) is 3.58. The van der Waals surface area contributed by atoms with Crippen LogP contribution >= 0.6 is 0 Å². The maximum atomic E-state index is 13.4. The highest BCUT2D eigenvalue weighted by molar-refractivity contribution is 5.99. The molecule has 0 aliphatic rings. The van der Waals surface area contributed by atoms with E-state index in [0.717, 1.165) is 5.56 Å². The molecular weight excluding hydrogens is 439 g/mol. The molecule has 9 nitrogen and oxygen atoms in total. The third-order valence-corrected chi connectivity index (χ3v) is 5.36. The van der Waals surface area contributed by atoms with Gasteiger partial charge in [0, 0.05) is 24.0 Å². The number of hydroxylamine groups is 1. The number of anilines is 2. The van der Waals surface area contributed by atoms with Gasteiger partial charge >= 0.3 is 0 Å². The first-order chi connectivity index (χ1) is 16.4. The molecule has 174 valence electrons. The first kappa shape index (κ1) is 22.9. The lowest BCUT2D eigenvalue weighted by Gasteiger charge is -2.12. The Kier molecular flexibility index (Phi) is 6.51. The van der Waals surface area contributed by atoms with Gasteiger partial charge in [0.1, 0.15) is 17.7 Å². The molecule has 0 radical (unpaired) electrons. The lowest BCUT2D eigenvalue weighted by Crippen LogP contribution is -2.23. The molecule has 2 amide bonds. The number of hydrogen-bond donors (Lipinski definition) is 3. The summed E-state index contributed by atoms with van der Waals surface area (Å²) in [6, 6.07) is 11.2. The molecule has 0 spiro atoms. The Hall–Kier alpha value is -4.31. The van der Waals surface area contributed by atoms with Gasteiger partial charge in [-0.05, 0) is 54.8 Å². The monoisotopic (exact) mass is 462 g/mol. The molecule has 0 bridgehead atoms. The maximum absolute atomic E-state index is 13.4. The highest BCUT2D eigenvalue weighted by Gasteiger charge is 2.19. The molecule has 2 aromatic carbocycles. The predicted molar refractivity (Wildman–Crippen MR) is 124 cm³/mol. The van der Waals surface area contributed by atoms with E-state index < -0.39 is 0 Å². The number of carbonyl (C=O) groups is 2. The number of halogens is 1. The van der Waals surface area contributed by atoms with Crippen molar-refractivity contribution in [1.29, 1.82) is 0 Å². The molecule has 0 aliphatic carbocycles. The summed E-state index contributed by atoms with van der Waals surface area (Å²) in [7, 11) is 1.37. The molecule has 34 heavy (non-hydrogen) atoms. The second kappa shape index (κ2) is 9.67. The first-order valence-corrected chi connectivity index (χ1v) is 10.4. The summed E-state index contributed by atoms with van der Waals surface area (Å²) in [5, 5.41) is 10.3. The molecule has 10 heteroatoms. The van der Waals surface area contributed by atoms with Gasteiger partial charge in [0.15, 0.2) is 5.82 Å². The van der Waals surface area contributed by atoms with Crippen LogP contribution in [-0.4, -0.2) is 33.5 Å². The van der Waals surface area contributed by atoms with Crippen molar-refractivity contribution in [2.24, 2.45) is 0 Å². The van der Waals surface area contributed by atoms with Gasteiger partial charge in [-0.1, -0.05) is 18.2 Å². The minimum Gasteiger partial charge on any atom is -0.348 e. The first-order valence-electron chi connectivity index (χ1n) is 10.4. The van der Waals surface area contributed by atoms with E-state index in [1.54, 1.807) is 41.9 Å². The van der Waals surface area contributed by atoms with E-state index in [2.05, 4.69) is 26.2 Å². The van der Waals surface area contributed by atoms with Gasteiger partial charge in [-0.15, -0.1) is 0 Å². The summed E-state index contributed by atoms with van der Waals surface area (Å²) >= 11 is 0. The van der Waals surface area contributed by atoms with Gasteiger partial charge < -0.3 is 10.6 Å². The van der Waals surface area contributed by atoms with E-state index in [-0.39, 0.29) is 24.2 Å². The number of hydrogen-bond acceptors (Lipinski definition) is 6. The lowest BCUT2D eigenvalue weighted by atomic mass is 10.1. The van der Waals surface area contributed by atoms with Crippen LogP contribution in [0.2, 0.25) is 0 Å². The molecular formula is C24H23FN6O3. The Bertz CT molecular complexity index is 1380. The van der Waals surface area contributed by atoms with Gasteiger partial charge in [-0.3, -0.25) is 14.4 Å². The third kappa shape index (κ3) is 4.71. The van der Waals surface area contributed by atoms with Crippen molar-refractivity contribution in [3.05, 3.63) is 88.6 Å².